The Hall–Kier alpha value is -3.59. The van der Waals surface area contributed by atoms with Gasteiger partial charge < -0.3 is 9.84 Å². The Morgan fingerprint density at radius 1 is 1.07 bits per heavy atom. The third kappa shape index (κ3) is 4.20. The molecule has 150 valence electrons. The van der Waals surface area contributed by atoms with Gasteiger partial charge >= 0.3 is 5.97 Å². The fourth-order valence-electron chi connectivity index (χ4n) is 4.00. The molecule has 3 aromatic rings. The van der Waals surface area contributed by atoms with Crippen molar-refractivity contribution in [2.45, 2.75) is 19.8 Å². The zero-order chi connectivity index (χ0) is 21.1. The Kier molecular flexibility index (Phi) is 5.53. The van der Waals surface area contributed by atoms with E-state index in [-0.39, 0.29) is 0 Å². The number of allylic oxidation sites excluding steroid dienone is 2. The third-order valence-electron chi connectivity index (χ3n) is 5.43. The van der Waals surface area contributed by atoms with Crippen molar-refractivity contribution in [2.75, 3.05) is 7.11 Å². The van der Waals surface area contributed by atoms with Crippen molar-refractivity contribution in [1.82, 2.24) is 0 Å². The average Bonchev–Trinajstić information content (AvgIpc) is 3.15. The molecular weight excluding hydrogens is 372 g/mol. The van der Waals surface area contributed by atoms with E-state index in [0.717, 1.165) is 24.2 Å². The maximum absolute atomic E-state index is 11.0. The maximum Gasteiger partial charge on any atom is 0.335 e. The van der Waals surface area contributed by atoms with Crippen LogP contribution in [0.1, 0.15) is 43.7 Å². The molecule has 3 aromatic carbocycles. The van der Waals surface area contributed by atoms with Crippen LogP contribution in [0.3, 0.4) is 0 Å². The summed E-state index contributed by atoms with van der Waals surface area (Å²) in [5.74, 6) is -0.0178. The van der Waals surface area contributed by atoms with Crippen LogP contribution < -0.4 is 4.74 Å². The van der Waals surface area contributed by atoms with Crippen molar-refractivity contribution in [3.8, 4) is 5.75 Å². The largest absolute Gasteiger partial charge is 0.497 e. The molecule has 1 aliphatic carbocycles. The van der Waals surface area contributed by atoms with E-state index in [0.29, 0.717) is 5.56 Å². The number of aryl methyl sites for hydroxylation is 1. The minimum atomic E-state index is -0.908. The van der Waals surface area contributed by atoms with Crippen LogP contribution in [-0.2, 0) is 12.8 Å². The van der Waals surface area contributed by atoms with Gasteiger partial charge in [0.05, 0.1) is 12.7 Å². The highest BCUT2D eigenvalue weighted by molar-refractivity contribution is 5.88. The van der Waals surface area contributed by atoms with Crippen LogP contribution in [-0.4, -0.2) is 18.2 Å². The Morgan fingerprint density at radius 2 is 1.87 bits per heavy atom. The molecule has 1 aliphatic rings. The van der Waals surface area contributed by atoms with Gasteiger partial charge in [-0.1, -0.05) is 54.6 Å². The molecule has 0 aliphatic heterocycles. The summed E-state index contributed by atoms with van der Waals surface area (Å²) in [6.45, 7) is 2.09. The highest BCUT2D eigenvalue weighted by Gasteiger charge is 2.17. The van der Waals surface area contributed by atoms with Gasteiger partial charge in [0, 0.05) is 0 Å². The Bertz CT molecular complexity index is 1150. The quantitative estimate of drug-likeness (QED) is 0.516. The third-order valence-corrected chi connectivity index (χ3v) is 5.43. The number of ether oxygens (including phenoxy) is 1. The fourth-order valence-corrected chi connectivity index (χ4v) is 4.00. The highest BCUT2D eigenvalue weighted by Crippen LogP contribution is 2.34. The summed E-state index contributed by atoms with van der Waals surface area (Å²) < 4.78 is 5.44. The van der Waals surface area contributed by atoms with E-state index in [1.807, 2.05) is 24.3 Å². The van der Waals surface area contributed by atoms with Gasteiger partial charge in [0.1, 0.15) is 5.75 Å². The van der Waals surface area contributed by atoms with Crippen LogP contribution in [0, 0.1) is 6.92 Å². The molecule has 3 nitrogen and oxygen atoms in total. The molecule has 0 atom stereocenters. The molecule has 0 saturated heterocycles. The number of hydrogen-bond acceptors (Lipinski definition) is 2. The van der Waals surface area contributed by atoms with Crippen molar-refractivity contribution < 1.29 is 14.6 Å². The van der Waals surface area contributed by atoms with E-state index >= 15 is 0 Å². The molecule has 0 aromatic heterocycles. The molecule has 0 saturated carbocycles. The lowest BCUT2D eigenvalue weighted by molar-refractivity contribution is 0.0697. The van der Waals surface area contributed by atoms with Gasteiger partial charge in [0.25, 0.3) is 0 Å². The first-order valence-electron chi connectivity index (χ1n) is 10.0. The van der Waals surface area contributed by atoms with Crippen molar-refractivity contribution in [3.63, 3.8) is 0 Å². The molecular formula is C27H24O3. The van der Waals surface area contributed by atoms with E-state index in [2.05, 4.69) is 49.4 Å². The summed E-state index contributed by atoms with van der Waals surface area (Å²) in [4.78, 5) is 11.0. The van der Waals surface area contributed by atoms with E-state index in [1.54, 1.807) is 19.2 Å². The summed E-state index contributed by atoms with van der Waals surface area (Å²) >= 11 is 0. The van der Waals surface area contributed by atoms with Crippen molar-refractivity contribution in [3.05, 3.63) is 106 Å². The van der Waals surface area contributed by atoms with Gasteiger partial charge in [0.2, 0.25) is 0 Å². The van der Waals surface area contributed by atoms with Gasteiger partial charge in [-0.15, -0.1) is 0 Å². The van der Waals surface area contributed by atoms with Gasteiger partial charge in [-0.2, -0.15) is 0 Å². The normalized spacial score (nSPS) is 12.7. The smallest absolute Gasteiger partial charge is 0.335 e. The van der Waals surface area contributed by atoms with E-state index in [4.69, 9.17) is 9.84 Å². The topological polar surface area (TPSA) is 46.5 Å². The summed E-state index contributed by atoms with van der Waals surface area (Å²) in [6, 6.07) is 19.7. The SMILES string of the molecule is COc1cc(C)cc(CC2=CCc3cccc(/C=C/c4ccc(C(=O)O)cc4)c32)c1. The molecule has 0 fully saturated rings. The number of carbonyl (C=O) groups is 1. The molecule has 1 N–H and O–H groups in total. The number of benzene rings is 3. The predicted octanol–water partition coefficient (Wildman–Crippen LogP) is 6.05. The Balaban J connectivity index is 1.61. The second-order valence-corrected chi connectivity index (χ2v) is 7.61. The minimum absolute atomic E-state index is 0.298. The number of rotatable bonds is 6. The van der Waals surface area contributed by atoms with Crippen LogP contribution >= 0.6 is 0 Å². The van der Waals surface area contributed by atoms with Crippen LogP contribution in [0.5, 0.6) is 5.75 Å². The van der Waals surface area contributed by atoms with Crippen LogP contribution in [0.25, 0.3) is 17.7 Å². The number of aromatic carboxylic acids is 1. The van der Waals surface area contributed by atoms with E-state index < -0.39 is 5.97 Å². The Morgan fingerprint density at radius 3 is 2.60 bits per heavy atom. The molecule has 0 heterocycles. The second-order valence-electron chi connectivity index (χ2n) is 7.61. The van der Waals surface area contributed by atoms with Crippen LogP contribution in [0.15, 0.2) is 66.7 Å². The molecule has 0 unspecified atom stereocenters. The molecule has 0 radical (unpaired) electrons. The maximum atomic E-state index is 11.0. The predicted molar refractivity (Wildman–Crippen MR) is 122 cm³/mol. The molecule has 4 rings (SSSR count). The number of fused-ring (bicyclic) bond motifs is 1. The zero-order valence-electron chi connectivity index (χ0n) is 17.2. The lowest BCUT2D eigenvalue weighted by Gasteiger charge is -2.12. The van der Waals surface area contributed by atoms with Crippen LogP contribution in [0.2, 0.25) is 0 Å². The first-order valence-corrected chi connectivity index (χ1v) is 10.0. The zero-order valence-corrected chi connectivity index (χ0v) is 17.2. The standard InChI is InChI=1S/C27H24O3/c1-18-14-20(17-25(15-18)30-2)16-24-13-12-22-5-3-4-21(26(22)24)9-6-19-7-10-23(11-8-19)27(28)29/h3-11,13-15,17H,12,16H2,1-2H3,(H,28,29)/b9-6+. The van der Waals surface area contributed by atoms with Gasteiger partial charge in [0.15, 0.2) is 0 Å². The highest BCUT2D eigenvalue weighted by atomic mass is 16.5. The van der Waals surface area contributed by atoms with Crippen molar-refractivity contribution in [1.29, 1.82) is 0 Å². The number of carboxylic acid groups (broad SMARTS) is 1. The molecule has 30 heavy (non-hydrogen) atoms. The summed E-state index contributed by atoms with van der Waals surface area (Å²) in [5.41, 5.74) is 8.87. The van der Waals surface area contributed by atoms with Gasteiger partial charge in [-0.05, 0) is 83.0 Å². The van der Waals surface area contributed by atoms with Gasteiger partial charge in [-0.25, -0.2) is 4.79 Å². The lowest BCUT2D eigenvalue weighted by Crippen LogP contribution is -1.95. The monoisotopic (exact) mass is 396 g/mol. The van der Waals surface area contributed by atoms with E-state index in [9.17, 15) is 4.79 Å². The second kappa shape index (κ2) is 8.42. The van der Waals surface area contributed by atoms with Crippen molar-refractivity contribution in [2.24, 2.45) is 0 Å². The summed E-state index contributed by atoms with van der Waals surface area (Å²) in [6.07, 6.45) is 8.28. The Labute approximate surface area is 177 Å². The number of hydrogen-bond donors (Lipinski definition) is 1. The molecule has 0 bridgehead atoms. The number of methoxy groups -OCH3 is 1. The fraction of sp³-hybridized carbons (Fsp3) is 0.148. The van der Waals surface area contributed by atoms with Gasteiger partial charge in [-0.3, -0.25) is 0 Å². The summed E-state index contributed by atoms with van der Waals surface area (Å²) in [5, 5.41) is 9.06. The van der Waals surface area contributed by atoms with Crippen LogP contribution in [0.4, 0.5) is 0 Å². The minimum Gasteiger partial charge on any atom is -0.497 e. The van der Waals surface area contributed by atoms with Crippen molar-refractivity contribution >= 4 is 23.7 Å². The number of carboxylic acids is 1. The first-order chi connectivity index (χ1) is 14.5. The molecule has 3 heteroatoms. The van der Waals surface area contributed by atoms with E-state index in [1.165, 1.54) is 33.4 Å². The lowest BCUT2D eigenvalue weighted by atomic mass is 9.93. The molecule has 0 spiro atoms. The first kappa shape index (κ1) is 19.7. The molecule has 0 amide bonds. The summed E-state index contributed by atoms with van der Waals surface area (Å²) in [7, 11) is 1.70. The average molecular weight is 396 g/mol.